The first-order chi connectivity index (χ1) is 18.4. The van der Waals surface area contributed by atoms with Gasteiger partial charge in [-0.2, -0.15) is 0 Å². The molecule has 0 N–H and O–H groups in total. The molecule has 1 aliphatic carbocycles. The van der Waals surface area contributed by atoms with E-state index in [1.165, 1.54) is 6.07 Å². The van der Waals surface area contributed by atoms with E-state index in [0.717, 1.165) is 76.1 Å². The maximum absolute atomic E-state index is 14.3. The van der Waals surface area contributed by atoms with Crippen molar-refractivity contribution in [2.24, 2.45) is 5.92 Å². The summed E-state index contributed by atoms with van der Waals surface area (Å²) in [6.45, 7) is 7.38. The molecule has 3 heterocycles. The zero-order valence-electron chi connectivity index (χ0n) is 22.2. The highest BCUT2D eigenvalue weighted by molar-refractivity contribution is 5.99. The molecule has 1 fully saturated rings. The third kappa shape index (κ3) is 4.53. The number of imidazole rings is 1. The maximum Gasteiger partial charge on any atom is 0.254 e. The second kappa shape index (κ2) is 9.82. The summed E-state index contributed by atoms with van der Waals surface area (Å²) in [5.41, 5.74) is 7.87. The zero-order valence-corrected chi connectivity index (χ0v) is 22.2. The minimum Gasteiger partial charge on any atom is -0.331 e. The summed E-state index contributed by atoms with van der Waals surface area (Å²) in [7, 11) is 0. The predicted molar refractivity (Wildman–Crippen MR) is 146 cm³/mol. The maximum atomic E-state index is 14.3. The highest BCUT2D eigenvalue weighted by Gasteiger charge is 2.41. The molecule has 1 atom stereocenters. The van der Waals surface area contributed by atoms with Gasteiger partial charge in [-0.15, -0.1) is 0 Å². The Hall–Kier alpha value is -3.80. The normalized spacial score (nSPS) is 16.0. The Morgan fingerprint density at radius 2 is 1.82 bits per heavy atom. The van der Waals surface area contributed by atoms with E-state index in [1.807, 2.05) is 37.6 Å². The summed E-state index contributed by atoms with van der Waals surface area (Å²) in [4.78, 5) is 25.5. The number of hydrogen-bond donors (Lipinski definition) is 0. The van der Waals surface area contributed by atoms with Crippen molar-refractivity contribution in [1.29, 1.82) is 0 Å². The first kappa shape index (κ1) is 24.5. The lowest BCUT2D eigenvalue weighted by Crippen LogP contribution is -2.41. The van der Waals surface area contributed by atoms with Crippen LogP contribution in [0.25, 0.3) is 11.1 Å². The quantitative estimate of drug-likeness (QED) is 0.288. The van der Waals surface area contributed by atoms with E-state index >= 15 is 0 Å². The van der Waals surface area contributed by atoms with Gasteiger partial charge in [0.15, 0.2) is 0 Å². The van der Waals surface area contributed by atoms with E-state index in [0.29, 0.717) is 19.0 Å². The van der Waals surface area contributed by atoms with Gasteiger partial charge >= 0.3 is 0 Å². The molecular weight excluding hydrogens is 475 g/mol. The van der Waals surface area contributed by atoms with Gasteiger partial charge in [-0.3, -0.25) is 9.78 Å². The van der Waals surface area contributed by atoms with Gasteiger partial charge in [-0.1, -0.05) is 13.0 Å². The van der Waals surface area contributed by atoms with Crippen molar-refractivity contribution < 1.29 is 9.18 Å². The van der Waals surface area contributed by atoms with Gasteiger partial charge in [-0.25, -0.2) is 9.37 Å². The van der Waals surface area contributed by atoms with Crippen LogP contribution in [0.4, 0.5) is 4.39 Å². The number of carbonyl (C=O) groups is 1. The van der Waals surface area contributed by atoms with E-state index in [-0.39, 0.29) is 17.8 Å². The average Bonchev–Trinajstić information content (AvgIpc) is 3.63. The molecule has 2 aromatic heterocycles. The van der Waals surface area contributed by atoms with Gasteiger partial charge in [0.05, 0.1) is 11.7 Å². The van der Waals surface area contributed by atoms with Crippen molar-refractivity contribution in [3.8, 4) is 11.1 Å². The van der Waals surface area contributed by atoms with Gasteiger partial charge in [0.25, 0.3) is 5.91 Å². The van der Waals surface area contributed by atoms with Gasteiger partial charge in [0.2, 0.25) is 0 Å². The number of aromatic nitrogens is 3. The number of pyridine rings is 1. The number of hydrogen-bond acceptors (Lipinski definition) is 3. The second-order valence-corrected chi connectivity index (χ2v) is 10.7. The first-order valence-electron chi connectivity index (χ1n) is 13.6. The molecule has 1 aliphatic heterocycles. The third-order valence-corrected chi connectivity index (χ3v) is 8.00. The largest absolute Gasteiger partial charge is 0.331 e. The number of fused-ring (bicyclic) bond motifs is 1. The molecule has 1 saturated carbocycles. The highest BCUT2D eigenvalue weighted by atomic mass is 19.1. The molecule has 4 aromatic rings. The van der Waals surface area contributed by atoms with Crippen LogP contribution < -0.4 is 0 Å². The van der Waals surface area contributed by atoms with Crippen LogP contribution in [0.5, 0.6) is 0 Å². The molecule has 0 saturated heterocycles. The van der Waals surface area contributed by atoms with Crippen molar-refractivity contribution >= 4 is 5.91 Å². The van der Waals surface area contributed by atoms with Crippen LogP contribution in [-0.4, -0.2) is 31.9 Å². The number of halogens is 1. The van der Waals surface area contributed by atoms with Crippen LogP contribution in [0, 0.1) is 25.6 Å². The van der Waals surface area contributed by atoms with E-state index in [9.17, 15) is 9.18 Å². The molecule has 6 heteroatoms. The number of aryl methyl sites for hydroxylation is 3. The van der Waals surface area contributed by atoms with Gasteiger partial charge in [0, 0.05) is 43.7 Å². The van der Waals surface area contributed by atoms with Crippen LogP contribution in [0.2, 0.25) is 0 Å². The highest BCUT2D eigenvalue weighted by Crippen LogP contribution is 2.46. The number of nitrogens with zero attached hydrogens (tertiary/aromatic N) is 4. The number of rotatable bonds is 7. The first-order valence-corrected chi connectivity index (χ1v) is 13.6. The Kier molecular flexibility index (Phi) is 6.34. The molecule has 0 spiro atoms. The van der Waals surface area contributed by atoms with Crippen LogP contribution >= 0.6 is 0 Å². The van der Waals surface area contributed by atoms with Crippen LogP contribution in [0.15, 0.2) is 61.1 Å². The SMILES string of the molecule is CCc1nccn1Cc1cc2c(c(-c3ccc(F)cc3C)c1)CCN(C(c1cc(C)ccn1)C1CC1)C2=O. The van der Waals surface area contributed by atoms with Crippen molar-refractivity contribution in [1.82, 2.24) is 19.4 Å². The lowest BCUT2D eigenvalue weighted by molar-refractivity contribution is 0.0627. The van der Waals surface area contributed by atoms with Crippen LogP contribution in [0.1, 0.15) is 69.9 Å². The fourth-order valence-corrected chi connectivity index (χ4v) is 5.99. The Bertz CT molecular complexity index is 1520. The van der Waals surface area contributed by atoms with Crippen LogP contribution in [-0.2, 0) is 19.4 Å². The molecular formula is C32H33FN4O. The zero-order chi connectivity index (χ0) is 26.4. The van der Waals surface area contributed by atoms with Crippen molar-refractivity contribution in [3.63, 3.8) is 0 Å². The van der Waals surface area contributed by atoms with Crippen molar-refractivity contribution in [2.45, 2.75) is 59.0 Å². The van der Waals surface area contributed by atoms with Gasteiger partial charge in [0.1, 0.15) is 11.6 Å². The third-order valence-electron chi connectivity index (χ3n) is 8.00. The molecule has 194 valence electrons. The van der Waals surface area contributed by atoms with Crippen LogP contribution in [0.3, 0.4) is 0 Å². The Morgan fingerprint density at radius 1 is 1.00 bits per heavy atom. The van der Waals surface area contributed by atoms with E-state index < -0.39 is 0 Å². The molecule has 0 radical (unpaired) electrons. The van der Waals surface area contributed by atoms with E-state index in [2.05, 4.69) is 46.5 Å². The second-order valence-electron chi connectivity index (χ2n) is 10.7. The lowest BCUT2D eigenvalue weighted by atomic mass is 9.86. The number of benzene rings is 2. The number of amides is 1. The van der Waals surface area contributed by atoms with Gasteiger partial charge < -0.3 is 9.47 Å². The summed E-state index contributed by atoms with van der Waals surface area (Å²) in [6, 6.07) is 13.3. The summed E-state index contributed by atoms with van der Waals surface area (Å²) >= 11 is 0. The van der Waals surface area contributed by atoms with E-state index in [4.69, 9.17) is 4.98 Å². The fourth-order valence-electron chi connectivity index (χ4n) is 5.99. The molecule has 38 heavy (non-hydrogen) atoms. The molecule has 2 aromatic carbocycles. The summed E-state index contributed by atoms with van der Waals surface area (Å²) in [5, 5.41) is 0. The molecule has 0 bridgehead atoms. The molecule has 6 rings (SSSR count). The molecule has 2 aliphatic rings. The Morgan fingerprint density at radius 3 is 2.55 bits per heavy atom. The minimum atomic E-state index is -0.248. The summed E-state index contributed by atoms with van der Waals surface area (Å²) in [5.74, 6) is 1.28. The molecule has 1 unspecified atom stereocenters. The number of carbonyl (C=O) groups excluding carboxylic acids is 1. The smallest absolute Gasteiger partial charge is 0.254 e. The standard InChI is InChI=1S/C32H33FN4O/c1-4-30-35-12-14-36(30)19-22-17-27(25-8-7-24(33)16-21(25)3)26-10-13-37(32(38)28(26)18-22)31(23-5-6-23)29-15-20(2)9-11-34-29/h7-9,11-12,14-18,23,31H,4-6,10,13,19H2,1-3H3. The van der Waals surface area contributed by atoms with Crippen molar-refractivity contribution in [2.75, 3.05) is 6.54 Å². The fraction of sp³-hybridized carbons (Fsp3) is 0.344. The topological polar surface area (TPSA) is 51.0 Å². The minimum absolute atomic E-state index is 0.00411. The molecule has 1 amide bonds. The van der Waals surface area contributed by atoms with Crippen molar-refractivity contribution in [3.05, 3.63) is 106 Å². The molecule has 5 nitrogen and oxygen atoms in total. The monoisotopic (exact) mass is 508 g/mol. The lowest BCUT2D eigenvalue weighted by Gasteiger charge is -2.36. The average molecular weight is 509 g/mol. The summed E-state index contributed by atoms with van der Waals surface area (Å²) < 4.78 is 16.1. The summed E-state index contributed by atoms with van der Waals surface area (Å²) in [6.07, 6.45) is 9.50. The predicted octanol–water partition coefficient (Wildman–Crippen LogP) is 6.46. The Balaban J connectivity index is 1.46. The van der Waals surface area contributed by atoms with Gasteiger partial charge in [-0.05, 0) is 109 Å². The van der Waals surface area contributed by atoms with E-state index in [1.54, 1.807) is 6.07 Å². The Labute approximate surface area is 223 Å².